The molecule has 0 aliphatic heterocycles. The molecule has 0 radical (unpaired) electrons. The lowest BCUT2D eigenvalue weighted by Gasteiger charge is -2.06. The van der Waals surface area contributed by atoms with E-state index in [-0.39, 0.29) is 5.82 Å². The highest BCUT2D eigenvalue weighted by Gasteiger charge is 2.10. The number of aryl methyl sites for hydroxylation is 1. The SMILES string of the molecule is Cc1nc(CNc2nccc(-c3cnn(-c4ccc(F)cc4)c3)n2)n(C)c1C. The highest BCUT2D eigenvalue weighted by Crippen LogP contribution is 2.19. The summed E-state index contributed by atoms with van der Waals surface area (Å²) in [4.78, 5) is 13.4. The minimum Gasteiger partial charge on any atom is -0.347 e. The summed E-state index contributed by atoms with van der Waals surface area (Å²) >= 11 is 0. The number of anilines is 1. The monoisotopic (exact) mass is 377 g/mol. The highest BCUT2D eigenvalue weighted by atomic mass is 19.1. The topological polar surface area (TPSA) is 73.5 Å². The summed E-state index contributed by atoms with van der Waals surface area (Å²) in [6.45, 7) is 4.57. The zero-order valence-corrected chi connectivity index (χ0v) is 15.9. The average Bonchev–Trinajstić information content (AvgIpc) is 3.29. The molecule has 4 aromatic rings. The molecule has 1 N–H and O–H groups in total. The molecule has 0 bridgehead atoms. The molecule has 0 fully saturated rings. The normalized spacial score (nSPS) is 11.0. The predicted octanol–water partition coefficient (Wildman–Crippen LogP) is 3.43. The van der Waals surface area contributed by atoms with Gasteiger partial charge in [0.25, 0.3) is 0 Å². The Morgan fingerprint density at radius 3 is 2.57 bits per heavy atom. The Morgan fingerprint density at radius 1 is 1.07 bits per heavy atom. The molecule has 4 rings (SSSR count). The maximum Gasteiger partial charge on any atom is 0.223 e. The van der Waals surface area contributed by atoms with E-state index in [0.717, 1.165) is 34.2 Å². The highest BCUT2D eigenvalue weighted by molar-refractivity contribution is 5.58. The van der Waals surface area contributed by atoms with Crippen molar-refractivity contribution in [3.8, 4) is 16.9 Å². The molecule has 0 saturated heterocycles. The van der Waals surface area contributed by atoms with Gasteiger partial charge in [0.15, 0.2) is 0 Å². The summed E-state index contributed by atoms with van der Waals surface area (Å²) in [5, 5.41) is 7.56. The van der Waals surface area contributed by atoms with Crippen molar-refractivity contribution in [3.63, 3.8) is 0 Å². The second-order valence-corrected chi connectivity index (χ2v) is 6.53. The van der Waals surface area contributed by atoms with Crippen molar-refractivity contribution in [3.05, 3.63) is 72.0 Å². The molecule has 1 aromatic carbocycles. The van der Waals surface area contributed by atoms with E-state index in [9.17, 15) is 4.39 Å². The summed E-state index contributed by atoms with van der Waals surface area (Å²) in [6, 6.07) is 7.99. The first-order valence-electron chi connectivity index (χ1n) is 8.88. The molecule has 0 amide bonds. The third kappa shape index (κ3) is 3.48. The molecule has 142 valence electrons. The van der Waals surface area contributed by atoms with Crippen molar-refractivity contribution in [2.45, 2.75) is 20.4 Å². The van der Waals surface area contributed by atoms with Crippen LogP contribution in [0.4, 0.5) is 10.3 Å². The predicted molar refractivity (Wildman–Crippen MR) is 105 cm³/mol. The molecule has 28 heavy (non-hydrogen) atoms. The Morgan fingerprint density at radius 2 is 1.86 bits per heavy atom. The van der Waals surface area contributed by atoms with E-state index in [4.69, 9.17) is 0 Å². The van der Waals surface area contributed by atoms with Gasteiger partial charge in [-0.05, 0) is 44.2 Å². The van der Waals surface area contributed by atoms with Gasteiger partial charge in [0.05, 0.1) is 29.8 Å². The molecule has 7 nitrogen and oxygen atoms in total. The average molecular weight is 377 g/mol. The van der Waals surface area contributed by atoms with Gasteiger partial charge in [0.2, 0.25) is 5.95 Å². The number of imidazole rings is 1. The molecule has 0 aliphatic carbocycles. The second-order valence-electron chi connectivity index (χ2n) is 6.53. The van der Waals surface area contributed by atoms with Crippen LogP contribution in [0, 0.1) is 19.7 Å². The number of halogens is 1. The van der Waals surface area contributed by atoms with E-state index in [2.05, 4.69) is 29.9 Å². The molecular formula is C20H20FN7. The van der Waals surface area contributed by atoms with Gasteiger partial charge in [-0.2, -0.15) is 5.10 Å². The summed E-state index contributed by atoms with van der Waals surface area (Å²) < 4.78 is 16.8. The molecule has 0 spiro atoms. The minimum atomic E-state index is -0.277. The maximum absolute atomic E-state index is 13.1. The molecule has 3 heterocycles. The van der Waals surface area contributed by atoms with Crippen LogP contribution in [-0.2, 0) is 13.6 Å². The first kappa shape index (κ1) is 17.8. The number of nitrogens with zero attached hydrogens (tertiary/aromatic N) is 6. The third-order valence-corrected chi connectivity index (χ3v) is 4.74. The van der Waals surface area contributed by atoms with Crippen molar-refractivity contribution in [2.75, 3.05) is 5.32 Å². The summed E-state index contributed by atoms with van der Waals surface area (Å²) in [6.07, 6.45) is 5.28. The number of aromatic nitrogens is 6. The van der Waals surface area contributed by atoms with E-state index in [1.807, 2.05) is 33.2 Å². The molecule has 0 atom stereocenters. The van der Waals surface area contributed by atoms with Gasteiger partial charge in [0.1, 0.15) is 11.6 Å². The molecule has 0 aliphatic rings. The van der Waals surface area contributed by atoms with Crippen LogP contribution in [0.5, 0.6) is 0 Å². The Bertz CT molecular complexity index is 1110. The van der Waals surface area contributed by atoms with Crippen LogP contribution >= 0.6 is 0 Å². The van der Waals surface area contributed by atoms with Crippen LogP contribution in [0.1, 0.15) is 17.2 Å². The first-order chi connectivity index (χ1) is 13.5. The van der Waals surface area contributed by atoms with Gasteiger partial charge < -0.3 is 9.88 Å². The molecule has 0 saturated carbocycles. The molecular weight excluding hydrogens is 357 g/mol. The lowest BCUT2D eigenvalue weighted by molar-refractivity contribution is 0.627. The van der Waals surface area contributed by atoms with Crippen LogP contribution in [0.15, 0.2) is 48.9 Å². The van der Waals surface area contributed by atoms with E-state index >= 15 is 0 Å². The Kier molecular flexibility index (Phi) is 4.60. The van der Waals surface area contributed by atoms with Gasteiger partial charge in [-0.25, -0.2) is 24.0 Å². The Balaban J connectivity index is 1.52. The van der Waals surface area contributed by atoms with Crippen molar-refractivity contribution in [2.24, 2.45) is 7.05 Å². The van der Waals surface area contributed by atoms with Crippen molar-refractivity contribution < 1.29 is 4.39 Å². The second kappa shape index (κ2) is 7.22. The Hall–Kier alpha value is -3.55. The van der Waals surface area contributed by atoms with Gasteiger partial charge in [-0.1, -0.05) is 0 Å². The van der Waals surface area contributed by atoms with Gasteiger partial charge >= 0.3 is 0 Å². The lowest BCUT2D eigenvalue weighted by atomic mass is 10.2. The maximum atomic E-state index is 13.1. The standard InChI is InChI=1S/C20H20FN7/c1-13-14(2)27(3)19(25-13)11-23-20-22-9-8-18(26-20)15-10-24-28(12-15)17-6-4-16(21)5-7-17/h4-10,12H,11H2,1-3H3,(H,22,23,26). The van der Waals surface area contributed by atoms with Crippen LogP contribution < -0.4 is 5.32 Å². The number of benzene rings is 1. The zero-order chi connectivity index (χ0) is 19.7. The number of hydrogen-bond donors (Lipinski definition) is 1. The lowest BCUT2D eigenvalue weighted by Crippen LogP contribution is -2.09. The van der Waals surface area contributed by atoms with Gasteiger partial charge in [-0.3, -0.25) is 0 Å². The summed E-state index contributed by atoms with van der Waals surface area (Å²) in [7, 11) is 1.99. The number of hydrogen-bond acceptors (Lipinski definition) is 5. The Labute approximate surface area is 161 Å². The molecule has 8 heteroatoms. The largest absolute Gasteiger partial charge is 0.347 e. The fraction of sp³-hybridized carbons (Fsp3) is 0.200. The van der Waals surface area contributed by atoms with Crippen LogP contribution in [0.2, 0.25) is 0 Å². The van der Waals surface area contributed by atoms with Crippen molar-refractivity contribution in [1.29, 1.82) is 0 Å². The summed E-state index contributed by atoms with van der Waals surface area (Å²) in [5.74, 6) is 1.17. The van der Waals surface area contributed by atoms with Crippen LogP contribution in [-0.4, -0.2) is 29.3 Å². The number of nitrogens with one attached hydrogen (secondary N) is 1. The molecule has 3 aromatic heterocycles. The number of rotatable bonds is 5. The van der Waals surface area contributed by atoms with Crippen molar-refractivity contribution in [1.82, 2.24) is 29.3 Å². The van der Waals surface area contributed by atoms with Crippen LogP contribution in [0.25, 0.3) is 16.9 Å². The van der Waals surface area contributed by atoms with Crippen LogP contribution in [0.3, 0.4) is 0 Å². The summed E-state index contributed by atoms with van der Waals surface area (Å²) in [5.41, 5.74) is 4.53. The van der Waals surface area contributed by atoms with Crippen molar-refractivity contribution >= 4 is 5.95 Å². The first-order valence-corrected chi connectivity index (χ1v) is 8.88. The van der Waals surface area contributed by atoms with Gasteiger partial charge in [-0.15, -0.1) is 0 Å². The minimum absolute atomic E-state index is 0.277. The van der Waals surface area contributed by atoms with E-state index in [0.29, 0.717) is 12.5 Å². The van der Waals surface area contributed by atoms with Gasteiger partial charge in [0, 0.05) is 30.7 Å². The quantitative estimate of drug-likeness (QED) is 0.577. The van der Waals surface area contributed by atoms with E-state index in [1.165, 1.54) is 12.1 Å². The van der Waals surface area contributed by atoms with E-state index in [1.54, 1.807) is 29.2 Å². The van der Waals surface area contributed by atoms with E-state index < -0.39 is 0 Å². The smallest absolute Gasteiger partial charge is 0.223 e. The third-order valence-electron chi connectivity index (χ3n) is 4.74. The zero-order valence-electron chi connectivity index (χ0n) is 15.9. The fourth-order valence-corrected chi connectivity index (χ4v) is 2.90. The molecule has 0 unspecified atom stereocenters. The fourth-order valence-electron chi connectivity index (χ4n) is 2.90.